The van der Waals surface area contributed by atoms with Crippen molar-refractivity contribution in [2.75, 3.05) is 13.1 Å². The van der Waals surface area contributed by atoms with Gasteiger partial charge in [0.15, 0.2) is 0 Å². The van der Waals surface area contributed by atoms with E-state index in [1.807, 2.05) is 30.6 Å². The molecular weight excluding hydrogens is 334 g/mol. The quantitative estimate of drug-likeness (QED) is 0.811. The minimum Gasteiger partial charge on any atom is -0.444 e. The molecule has 4 atom stereocenters. The van der Waals surface area contributed by atoms with E-state index in [-0.39, 0.29) is 48.0 Å². The van der Waals surface area contributed by atoms with Crippen LogP contribution in [0.4, 0.5) is 4.79 Å². The first-order valence-electron chi connectivity index (χ1n) is 9.58. The number of likely N-dealkylation sites (tertiary alicyclic amines) is 2. The standard InChI is InChI=1S/C19H31N3O4/c1-12(23)20-10-16(24)22-13-9-19(5)14(7-6-8-15(19)22)21(11-13)17(25)26-18(2,3)4/h13-15H,6-11H2,1-5H3,(H,20,23)/t13-,14+,15-,19+/m0/s1. The van der Waals surface area contributed by atoms with Gasteiger partial charge >= 0.3 is 6.09 Å². The van der Waals surface area contributed by atoms with Gasteiger partial charge in [0.05, 0.1) is 12.6 Å². The van der Waals surface area contributed by atoms with Crippen LogP contribution >= 0.6 is 0 Å². The third kappa shape index (κ3) is 3.28. The molecule has 2 bridgehead atoms. The van der Waals surface area contributed by atoms with Crippen molar-refractivity contribution in [3.05, 3.63) is 0 Å². The van der Waals surface area contributed by atoms with Gasteiger partial charge in [-0.2, -0.15) is 0 Å². The largest absolute Gasteiger partial charge is 0.444 e. The average molecular weight is 365 g/mol. The number of nitrogens with one attached hydrogen (secondary N) is 1. The normalized spacial score (nSPS) is 33.0. The fraction of sp³-hybridized carbons (Fsp3) is 0.842. The molecule has 3 aliphatic rings. The first-order chi connectivity index (χ1) is 12.0. The summed E-state index contributed by atoms with van der Waals surface area (Å²) in [5, 5.41) is 2.62. The van der Waals surface area contributed by atoms with Gasteiger partial charge in [0.1, 0.15) is 5.60 Å². The Morgan fingerprint density at radius 3 is 2.46 bits per heavy atom. The molecule has 1 N–H and O–H groups in total. The van der Waals surface area contributed by atoms with Crippen LogP contribution in [-0.2, 0) is 14.3 Å². The van der Waals surface area contributed by atoms with E-state index in [0.29, 0.717) is 6.54 Å². The number of hydrogen-bond donors (Lipinski definition) is 1. The number of ether oxygens (including phenoxy) is 1. The lowest BCUT2D eigenvalue weighted by molar-refractivity contribution is -0.135. The molecule has 0 unspecified atom stereocenters. The second-order valence-corrected chi connectivity index (χ2v) is 9.17. The smallest absolute Gasteiger partial charge is 0.410 e. The van der Waals surface area contributed by atoms with E-state index in [4.69, 9.17) is 4.74 Å². The van der Waals surface area contributed by atoms with Crippen LogP contribution in [0.5, 0.6) is 0 Å². The summed E-state index contributed by atoms with van der Waals surface area (Å²) in [6.07, 6.45) is 3.52. The third-order valence-corrected chi connectivity index (χ3v) is 6.07. The lowest BCUT2D eigenvalue weighted by atomic mass is 9.66. The SMILES string of the molecule is CC(=O)NCC(=O)N1[C@@H]2CN(C(=O)OC(C)(C)C)[C@@H]3CCC[C@H]1[C@]3(C)C2. The van der Waals surface area contributed by atoms with Gasteiger partial charge in [-0.1, -0.05) is 6.92 Å². The third-order valence-electron chi connectivity index (χ3n) is 6.07. The van der Waals surface area contributed by atoms with Crippen molar-refractivity contribution in [2.45, 2.75) is 84.0 Å². The Kier molecular flexibility index (Phi) is 4.69. The summed E-state index contributed by atoms with van der Waals surface area (Å²) in [6, 6.07) is 0.221. The fourth-order valence-electron chi connectivity index (χ4n) is 5.19. The van der Waals surface area contributed by atoms with Crippen molar-refractivity contribution in [3.8, 4) is 0 Å². The average Bonchev–Trinajstić information content (AvgIpc) is 2.80. The van der Waals surface area contributed by atoms with Gasteiger partial charge in [0.25, 0.3) is 0 Å². The Balaban J connectivity index is 1.84. The van der Waals surface area contributed by atoms with Crippen molar-refractivity contribution < 1.29 is 19.1 Å². The first-order valence-corrected chi connectivity index (χ1v) is 9.58. The minimum absolute atomic E-state index is 0.00636. The van der Waals surface area contributed by atoms with Gasteiger partial charge in [-0.15, -0.1) is 0 Å². The van der Waals surface area contributed by atoms with Crippen LogP contribution in [0.3, 0.4) is 0 Å². The number of carbonyl (C=O) groups is 3. The molecular formula is C19H31N3O4. The zero-order valence-corrected chi connectivity index (χ0v) is 16.5. The highest BCUT2D eigenvalue weighted by Crippen LogP contribution is 2.54. The summed E-state index contributed by atoms with van der Waals surface area (Å²) in [6.45, 7) is 9.77. The van der Waals surface area contributed by atoms with Crippen molar-refractivity contribution in [1.82, 2.24) is 15.1 Å². The summed E-state index contributed by atoms with van der Waals surface area (Å²) in [7, 11) is 0. The number of piperidine rings is 1. The number of hydrogen-bond acceptors (Lipinski definition) is 4. The fourth-order valence-corrected chi connectivity index (χ4v) is 5.19. The molecule has 7 nitrogen and oxygen atoms in total. The Bertz CT molecular complexity index is 614. The van der Waals surface area contributed by atoms with Crippen LogP contribution in [0.15, 0.2) is 0 Å². The molecule has 3 fully saturated rings. The topological polar surface area (TPSA) is 79.0 Å². The van der Waals surface area contributed by atoms with Crippen molar-refractivity contribution in [1.29, 1.82) is 0 Å². The van der Waals surface area contributed by atoms with Crippen molar-refractivity contribution in [3.63, 3.8) is 0 Å². The molecule has 146 valence electrons. The lowest BCUT2D eigenvalue weighted by Gasteiger charge is -2.49. The summed E-state index contributed by atoms with van der Waals surface area (Å²) in [5.74, 6) is -0.255. The lowest BCUT2D eigenvalue weighted by Crippen LogP contribution is -2.58. The number of nitrogens with zero attached hydrogens (tertiary/aromatic N) is 2. The van der Waals surface area contributed by atoms with Crippen molar-refractivity contribution >= 4 is 17.9 Å². The van der Waals surface area contributed by atoms with Gasteiger partial charge < -0.3 is 19.9 Å². The second kappa shape index (κ2) is 6.43. The van der Waals surface area contributed by atoms with Crippen LogP contribution in [-0.4, -0.2) is 64.5 Å². The highest BCUT2D eigenvalue weighted by atomic mass is 16.6. The zero-order chi connectivity index (χ0) is 19.3. The Morgan fingerprint density at radius 1 is 1.19 bits per heavy atom. The van der Waals surface area contributed by atoms with Crippen LogP contribution in [0.2, 0.25) is 0 Å². The van der Waals surface area contributed by atoms with E-state index >= 15 is 0 Å². The van der Waals surface area contributed by atoms with E-state index in [9.17, 15) is 14.4 Å². The molecule has 0 aromatic heterocycles. The Morgan fingerprint density at radius 2 is 1.85 bits per heavy atom. The van der Waals surface area contributed by atoms with E-state index in [1.165, 1.54) is 6.92 Å². The summed E-state index contributed by atoms with van der Waals surface area (Å²) in [4.78, 5) is 40.6. The summed E-state index contributed by atoms with van der Waals surface area (Å²) >= 11 is 0. The monoisotopic (exact) mass is 365 g/mol. The predicted octanol–water partition coefficient (Wildman–Crippen LogP) is 1.90. The molecule has 26 heavy (non-hydrogen) atoms. The highest BCUT2D eigenvalue weighted by Gasteiger charge is 2.61. The highest BCUT2D eigenvalue weighted by molar-refractivity contribution is 5.84. The van der Waals surface area contributed by atoms with Crippen LogP contribution in [0, 0.1) is 5.41 Å². The molecule has 0 spiro atoms. The Hall–Kier alpha value is -1.79. The van der Waals surface area contributed by atoms with Gasteiger partial charge in [-0.25, -0.2) is 4.79 Å². The predicted molar refractivity (Wildman–Crippen MR) is 96.4 cm³/mol. The van der Waals surface area contributed by atoms with E-state index in [1.54, 1.807) is 0 Å². The van der Waals surface area contributed by atoms with Gasteiger partial charge in [-0.05, 0) is 46.5 Å². The summed E-state index contributed by atoms with van der Waals surface area (Å²) < 4.78 is 5.64. The molecule has 3 amide bonds. The zero-order valence-electron chi connectivity index (χ0n) is 16.5. The molecule has 7 heteroatoms. The Labute approximate surface area is 155 Å². The number of carbonyl (C=O) groups excluding carboxylic acids is 3. The molecule has 1 saturated carbocycles. The van der Waals surface area contributed by atoms with E-state index in [0.717, 1.165) is 25.7 Å². The number of amides is 3. The number of rotatable bonds is 2. The van der Waals surface area contributed by atoms with Gasteiger partial charge in [0, 0.05) is 31.0 Å². The molecule has 0 aromatic rings. The van der Waals surface area contributed by atoms with E-state index in [2.05, 4.69) is 12.2 Å². The molecule has 2 aliphatic heterocycles. The maximum absolute atomic E-state index is 12.8. The van der Waals surface area contributed by atoms with Gasteiger partial charge in [0.2, 0.25) is 11.8 Å². The molecule has 1 aliphatic carbocycles. The maximum atomic E-state index is 12.8. The molecule has 0 aromatic carbocycles. The molecule has 3 rings (SSSR count). The second-order valence-electron chi connectivity index (χ2n) is 9.17. The van der Waals surface area contributed by atoms with Crippen LogP contribution < -0.4 is 5.32 Å². The molecule has 0 radical (unpaired) electrons. The first kappa shape index (κ1) is 19.0. The molecule has 2 heterocycles. The summed E-state index contributed by atoms with van der Waals surface area (Å²) in [5.41, 5.74) is -0.645. The van der Waals surface area contributed by atoms with E-state index < -0.39 is 5.60 Å². The minimum atomic E-state index is -0.538. The van der Waals surface area contributed by atoms with Crippen molar-refractivity contribution in [2.24, 2.45) is 5.41 Å². The van der Waals surface area contributed by atoms with Crippen LogP contribution in [0.1, 0.15) is 60.3 Å². The number of fused-ring (bicyclic) bond motifs is 1. The van der Waals surface area contributed by atoms with Gasteiger partial charge in [-0.3, -0.25) is 9.59 Å². The maximum Gasteiger partial charge on any atom is 0.410 e. The molecule has 2 saturated heterocycles. The van der Waals surface area contributed by atoms with Crippen LogP contribution in [0.25, 0.3) is 0 Å².